The van der Waals surface area contributed by atoms with Gasteiger partial charge in [-0.2, -0.15) is 0 Å². The van der Waals surface area contributed by atoms with Crippen molar-refractivity contribution in [3.63, 3.8) is 0 Å². The van der Waals surface area contributed by atoms with Gasteiger partial charge in [-0.25, -0.2) is 9.78 Å². The van der Waals surface area contributed by atoms with E-state index < -0.39 is 5.60 Å². The lowest BCUT2D eigenvalue weighted by Gasteiger charge is -2.56. The molecule has 1 N–H and O–H groups in total. The number of ether oxygens (including phenoxy) is 1. The summed E-state index contributed by atoms with van der Waals surface area (Å²) < 4.78 is 7.14. The molecule has 4 nitrogen and oxygen atoms in total. The minimum absolute atomic E-state index is 0.0781. The Morgan fingerprint density at radius 2 is 2.06 bits per heavy atom. The van der Waals surface area contributed by atoms with Crippen molar-refractivity contribution in [2.45, 2.75) is 76.4 Å². The van der Waals surface area contributed by atoms with E-state index in [4.69, 9.17) is 4.74 Å². The number of carbonyl (C=O) groups excluding carboxylic acids is 1. The van der Waals surface area contributed by atoms with Crippen LogP contribution in [0, 0.1) is 5.92 Å². The second kappa shape index (κ2) is 7.64. The molecule has 1 saturated carbocycles. The van der Waals surface area contributed by atoms with Gasteiger partial charge >= 0.3 is 5.97 Å². The van der Waals surface area contributed by atoms with E-state index in [1.807, 2.05) is 26.3 Å². The third-order valence-corrected chi connectivity index (χ3v) is 8.87. The van der Waals surface area contributed by atoms with Gasteiger partial charge in [0.15, 0.2) is 0 Å². The van der Waals surface area contributed by atoms with Gasteiger partial charge in [0.25, 0.3) is 0 Å². The van der Waals surface area contributed by atoms with Gasteiger partial charge in [0.2, 0.25) is 0 Å². The summed E-state index contributed by atoms with van der Waals surface area (Å²) in [6.07, 6.45) is 7.04. The van der Waals surface area contributed by atoms with Crippen molar-refractivity contribution < 1.29 is 9.53 Å². The van der Waals surface area contributed by atoms with Gasteiger partial charge in [-0.3, -0.25) is 0 Å². The summed E-state index contributed by atoms with van der Waals surface area (Å²) in [5.74, 6) is 0.431. The van der Waals surface area contributed by atoms with Crippen LogP contribution in [0.5, 0.6) is 0 Å². The lowest BCUT2D eigenvalue weighted by molar-refractivity contribution is 0.00575. The summed E-state index contributed by atoms with van der Waals surface area (Å²) in [6, 6.07) is 11.3. The fraction of sp³-hybridized carbons (Fsp3) is 0.500. The molecule has 0 unspecified atom stereocenters. The minimum Gasteiger partial charge on any atom is -0.456 e. The molecule has 2 aliphatic carbocycles. The van der Waals surface area contributed by atoms with Crippen LogP contribution in [-0.2, 0) is 16.6 Å². The number of carbonyl (C=O) groups is 1. The highest BCUT2D eigenvalue weighted by molar-refractivity contribution is 7.16. The Morgan fingerprint density at radius 3 is 2.91 bits per heavy atom. The largest absolute Gasteiger partial charge is 0.456 e. The quantitative estimate of drug-likeness (QED) is 0.458. The van der Waals surface area contributed by atoms with Gasteiger partial charge in [-0.1, -0.05) is 25.0 Å². The zero-order chi connectivity index (χ0) is 22.8. The fourth-order valence-electron chi connectivity index (χ4n) is 6.88. The van der Waals surface area contributed by atoms with Crippen molar-refractivity contribution in [3.05, 3.63) is 52.5 Å². The van der Waals surface area contributed by atoms with Crippen molar-refractivity contribution in [2.24, 2.45) is 5.92 Å². The third kappa shape index (κ3) is 3.43. The van der Waals surface area contributed by atoms with Crippen LogP contribution in [0.2, 0.25) is 0 Å². The molecule has 1 aromatic heterocycles. The Kier molecular flexibility index (Phi) is 4.93. The molecule has 5 heteroatoms. The number of piperidine rings is 1. The van der Waals surface area contributed by atoms with Crippen molar-refractivity contribution >= 4 is 27.5 Å². The number of hydrogen-bond acceptors (Lipinski definition) is 5. The smallest absolute Gasteiger partial charge is 0.338 e. The van der Waals surface area contributed by atoms with E-state index in [9.17, 15) is 4.79 Å². The zero-order valence-electron chi connectivity index (χ0n) is 19.7. The highest BCUT2D eigenvalue weighted by Gasteiger charge is 2.53. The topological polar surface area (TPSA) is 51.2 Å². The summed E-state index contributed by atoms with van der Waals surface area (Å²) in [6.45, 7) is 6.90. The minimum atomic E-state index is -0.507. The van der Waals surface area contributed by atoms with Crippen LogP contribution in [-0.4, -0.2) is 29.1 Å². The van der Waals surface area contributed by atoms with Crippen LogP contribution >= 0.6 is 11.3 Å². The molecule has 6 rings (SSSR count). The molecule has 0 radical (unpaired) electrons. The van der Waals surface area contributed by atoms with Crippen LogP contribution in [0.1, 0.15) is 74.4 Å². The lowest BCUT2D eigenvalue weighted by Crippen LogP contribution is -2.60. The number of rotatable bonds is 2. The summed E-state index contributed by atoms with van der Waals surface area (Å²) >= 11 is 1.68. The number of aromatic nitrogens is 1. The summed E-state index contributed by atoms with van der Waals surface area (Å²) in [7, 11) is 0. The molecule has 0 amide bonds. The number of hydrogen-bond donors (Lipinski definition) is 1. The maximum absolute atomic E-state index is 13.5. The Morgan fingerprint density at radius 1 is 1.18 bits per heavy atom. The van der Waals surface area contributed by atoms with Crippen LogP contribution < -0.4 is 5.32 Å². The van der Waals surface area contributed by atoms with Crippen LogP contribution in [0.25, 0.3) is 21.3 Å². The van der Waals surface area contributed by atoms with E-state index in [2.05, 4.69) is 40.6 Å². The van der Waals surface area contributed by atoms with Crippen LogP contribution in [0.15, 0.2) is 35.8 Å². The molecule has 0 spiro atoms. The fourth-order valence-corrected chi connectivity index (χ4v) is 7.54. The zero-order valence-corrected chi connectivity index (χ0v) is 20.6. The molecule has 2 fully saturated rings. The Labute approximate surface area is 199 Å². The van der Waals surface area contributed by atoms with E-state index in [1.54, 1.807) is 11.3 Å². The molecular formula is C28H32N2O2S. The molecule has 2 aromatic carbocycles. The predicted octanol–water partition coefficient (Wildman–Crippen LogP) is 6.26. The van der Waals surface area contributed by atoms with Gasteiger partial charge in [0, 0.05) is 11.5 Å². The Hall–Kier alpha value is -2.24. The average molecular weight is 461 g/mol. The van der Waals surface area contributed by atoms with E-state index >= 15 is 0 Å². The number of nitrogens with one attached hydrogen (secondary N) is 1. The first-order valence-electron chi connectivity index (χ1n) is 12.3. The second-order valence-corrected chi connectivity index (χ2v) is 12.0. The first-order chi connectivity index (χ1) is 15.9. The third-order valence-electron chi connectivity index (χ3n) is 8.06. The maximum atomic E-state index is 13.5. The Balaban J connectivity index is 1.58. The van der Waals surface area contributed by atoms with E-state index in [0.717, 1.165) is 30.5 Å². The molecular weight excluding hydrogens is 428 g/mol. The molecule has 33 heavy (non-hydrogen) atoms. The number of benzene rings is 2. The lowest BCUT2D eigenvalue weighted by atomic mass is 9.51. The van der Waals surface area contributed by atoms with Gasteiger partial charge in [-0.15, -0.1) is 11.3 Å². The van der Waals surface area contributed by atoms with Crippen molar-refractivity contribution in [1.29, 1.82) is 0 Å². The van der Waals surface area contributed by atoms with Crippen molar-refractivity contribution in [1.82, 2.24) is 10.3 Å². The van der Waals surface area contributed by atoms with Crippen molar-refractivity contribution in [2.75, 3.05) is 6.54 Å². The van der Waals surface area contributed by atoms with Gasteiger partial charge in [0.1, 0.15) is 5.60 Å². The standard InChI is InChI=1S/C28H32N2O2S/c1-27(2,3)32-26(31)19-9-8-18(17-7-10-24-23(14-17)30-16-33-24)20-15-22-21-6-4-5-11-28(21,25(19)20)12-13-29-22/h7-10,14,16,21-22,29H,4-6,11-13,15H2,1-3H3/t21-,22+,28+/m0/s1. The highest BCUT2D eigenvalue weighted by atomic mass is 32.1. The van der Waals surface area contributed by atoms with Gasteiger partial charge in [0.05, 0.1) is 21.3 Å². The van der Waals surface area contributed by atoms with E-state index in [0.29, 0.717) is 12.0 Å². The van der Waals surface area contributed by atoms with Crippen LogP contribution in [0.3, 0.4) is 0 Å². The highest BCUT2D eigenvalue weighted by Crippen LogP contribution is 2.56. The first-order valence-corrected chi connectivity index (χ1v) is 13.2. The summed E-state index contributed by atoms with van der Waals surface area (Å²) in [5, 5.41) is 3.85. The molecule has 2 heterocycles. The predicted molar refractivity (Wildman–Crippen MR) is 134 cm³/mol. The Bertz CT molecular complexity index is 1240. The van der Waals surface area contributed by atoms with Gasteiger partial charge < -0.3 is 10.1 Å². The van der Waals surface area contributed by atoms with E-state index in [-0.39, 0.29) is 11.4 Å². The molecule has 3 aliphatic rings. The van der Waals surface area contributed by atoms with Gasteiger partial charge in [-0.05, 0) is 99.4 Å². The molecule has 3 aromatic rings. The average Bonchev–Trinajstić information content (AvgIpc) is 3.25. The molecule has 2 bridgehead atoms. The number of thiazole rings is 1. The first kappa shape index (κ1) is 21.3. The number of esters is 1. The number of fused-ring (bicyclic) bond motifs is 2. The second-order valence-electron chi connectivity index (χ2n) is 11.1. The molecule has 172 valence electrons. The number of nitrogens with zero attached hydrogens (tertiary/aromatic N) is 1. The summed E-state index contributed by atoms with van der Waals surface area (Å²) in [5.41, 5.74) is 8.43. The normalized spacial score (nSPS) is 26.5. The monoisotopic (exact) mass is 460 g/mol. The maximum Gasteiger partial charge on any atom is 0.338 e. The SMILES string of the molecule is CC(C)(C)OC(=O)c1ccc(-c2ccc3scnc3c2)c2c1[C@@]13CCCC[C@H]1[C@@H](C2)NCC3. The van der Waals surface area contributed by atoms with Crippen LogP contribution in [0.4, 0.5) is 0 Å². The summed E-state index contributed by atoms with van der Waals surface area (Å²) in [4.78, 5) is 18.1. The van der Waals surface area contributed by atoms with Crippen molar-refractivity contribution in [3.8, 4) is 11.1 Å². The molecule has 1 aliphatic heterocycles. The molecule has 3 atom stereocenters. The molecule has 1 saturated heterocycles. The van der Waals surface area contributed by atoms with E-state index in [1.165, 1.54) is 52.6 Å².